The molecule has 0 fully saturated rings. The number of sulfonamides is 1. The summed E-state index contributed by atoms with van der Waals surface area (Å²) in [7, 11) is -3.58. The molecule has 4 nitrogen and oxygen atoms in total. The van der Waals surface area contributed by atoms with Crippen molar-refractivity contribution in [2.24, 2.45) is 0 Å². The molecular formula is C21H21BrN2O2S. The predicted octanol–water partition coefficient (Wildman–Crippen LogP) is 4.89. The lowest BCUT2D eigenvalue weighted by atomic mass is 10.1. The SMILES string of the molecule is Cc1ccc(S(=O)(=O)NC[C@@H](Nc2ccc(Br)cc2)c2ccccc2)cc1. The monoisotopic (exact) mass is 444 g/mol. The Balaban J connectivity index is 1.79. The summed E-state index contributed by atoms with van der Waals surface area (Å²) in [4.78, 5) is 0.267. The first kappa shape index (κ1) is 19.6. The second-order valence-electron chi connectivity index (χ2n) is 6.28. The third kappa shape index (κ3) is 5.42. The highest BCUT2D eigenvalue weighted by Crippen LogP contribution is 2.22. The van der Waals surface area contributed by atoms with Crippen LogP contribution in [0.4, 0.5) is 5.69 Å². The number of benzene rings is 3. The van der Waals surface area contributed by atoms with Crippen LogP contribution in [-0.2, 0) is 10.0 Å². The maximum atomic E-state index is 12.6. The molecule has 2 N–H and O–H groups in total. The average Bonchev–Trinajstić information content (AvgIpc) is 2.68. The Bertz CT molecular complexity index is 973. The summed E-state index contributed by atoms with van der Waals surface area (Å²) < 4.78 is 29.0. The van der Waals surface area contributed by atoms with E-state index in [1.54, 1.807) is 24.3 Å². The molecule has 0 heterocycles. The van der Waals surface area contributed by atoms with Crippen LogP contribution in [0.3, 0.4) is 0 Å². The highest BCUT2D eigenvalue weighted by atomic mass is 79.9. The molecule has 0 aromatic heterocycles. The summed E-state index contributed by atoms with van der Waals surface area (Å²) in [5, 5.41) is 3.41. The Labute approximate surface area is 168 Å². The van der Waals surface area contributed by atoms with Crippen LogP contribution in [0, 0.1) is 6.92 Å². The van der Waals surface area contributed by atoms with Gasteiger partial charge >= 0.3 is 0 Å². The van der Waals surface area contributed by atoms with Crippen LogP contribution in [0.5, 0.6) is 0 Å². The molecule has 0 radical (unpaired) electrons. The van der Waals surface area contributed by atoms with Gasteiger partial charge in [0.25, 0.3) is 0 Å². The van der Waals surface area contributed by atoms with Crippen molar-refractivity contribution in [3.05, 3.63) is 94.5 Å². The zero-order valence-corrected chi connectivity index (χ0v) is 17.3. The van der Waals surface area contributed by atoms with Crippen molar-refractivity contribution in [1.82, 2.24) is 4.72 Å². The van der Waals surface area contributed by atoms with E-state index in [0.717, 1.165) is 21.3 Å². The number of hydrogen-bond acceptors (Lipinski definition) is 3. The van der Waals surface area contributed by atoms with Crippen molar-refractivity contribution < 1.29 is 8.42 Å². The van der Waals surface area contributed by atoms with E-state index < -0.39 is 10.0 Å². The van der Waals surface area contributed by atoms with E-state index in [1.807, 2.05) is 61.5 Å². The fourth-order valence-electron chi connectivity index (χ4n) is 2.68. The Morgan fingerprint density at radius 1 is 0.889 bits per heavy atom. The molecule has 0 unspecified atom stereocenters. The van der Waals surface area contributed by atoms with Gasteiger partial charge in [-0.15, -0.1) is 0 Å². The second kappa shape index (κ2) is 8.69. The molecule has 1 atom stereocenters. The molecule has 0 bridgehead atoms. The third-order valence-electron chi connectivity index (χ3n) is 4.20. The van der Waals surface area contributed by atoms with Gasteiger partial charge in [0.1, 0.15) is 0 Å². The van der Waals surface area contributed by atoms with Crippen molar-refractivity contribution in [3.8, 4) is 0 Å². The molecule has 0 amide bonds. The number of nitrogens with one attached hydrogen (secondary N) is 2. The largest absolute Gasteiger partial charge is 0.377 e. The van der Waals surface area contributed by atoms with Gasteiger partial charge in [-0.2, -0.15) is 0 Å². The molecule has 0 saturated carbocycles. The first-order valence-corrected chi connectivity index (χ1v) is 10.8. The fraction of sp³-hybridized carbons (Fsp3) is 0.143. The minimum atomic E-state index is -3.58. The third-order valence-corrected chi connectivity index (χ3v) is 6.16. The van der Waals surface area contributed by atoms with E-state index in [9.17, 15) is 8.42 Å². The van der Waals surface area contributed by atoms with Crippen LogP contribution in [0.25, 0.3) is 0 Å². The maximum absolute atomic E-state index is 12.6. The predicted molar refractivity (Wildman–Crippen MR) is 113 cm³/mol. The summed E-state index contributed by atoms with van der Waals surface area (Å²) >= 11 is 3.42. The van der Waals surface area contributed by atoms with Gasteiger partial charge in [0, 0.05) is 16.7 Å². The van der Waals surface area contributed by atoms with E-state index in [0.29, 0.717) is 0 Å². The van der Waals surface area contributed by atoms with Crippen molar-refractivity contribution in [1.29, 1.82) is 0 Å². The zero-order chi connectivity index (χ0) is 19.3. The first-order valence-electron chi connectivity index (χ1n) is 8.57. The lowest BCUT2D eigenvalue weighted by Gasteiger charge is -2.21. The highest BCUT2D eigenvalue weighted by molar-refractivity contribution is 9.10. The van der Waals surface area contributed by atoms with E-state index in [-0.39, 0.29) is 17.5 Å². The minimum absolute atomic E-state index is 0.201. The van der Waals surface area contributed by atoms with Crippen LogP contribution in [0.15, 0.2) is 88.2 Å². The zero-order valence-electron chi connectivity index (χ0n) is 14.9. The molecule has 6 heteroatoms. The van der Waals surface area contributed by atoms with Gasteiger partial charge in [-0.25, -0.2) is 13.1 Å². The van der Waals surface area contributed by atoms with E-state index in [1.165, 1.54) is 0 Å². The lowest BCUT2D eigenvalue weighted by Crippen LogP contribution is -2.31. The van der Waals surface area contributed by atoms with Gasteiger partial charge < -0.3 is 5.32 Å². The Kier molecular flexibility index (Phi) is 6.31. The summed E-state index contributed by atoms with van der Waals surface area (Å²) in [5.74, 6) is 0. The molecule has 0 saturated heterocycles. The maximum Gasteiger partial charge on any atom is 0.240 e. The summed E-state index contributed by atoms with van der Waals surface area (Å²) in [6.45, 7) is 2.16. The molecule has 0 aliphatic rings. The van der Waals surface area contributed by atoms with Gasteiger partial charge in [0.05, 0.1) is 10.9 Å². The normalized spacial score (nSPS) is 12.5. The van der Waals surface area contributed by atoms with Gasteiger partial charge in [-0.3, -0.25) is 0 Å². The summed E-state index contributed by atoms with van der Waals surface area (Å²) in [6, 6.07) is 24.2. The average molecular weight is 445 g/mol. The number of aryl methyl sites for hydroxylation is 1. The summed E-state index contributed by atoms with van der Waals surface area (Å²) in [6.07, 6.45) is 0. The van der Waals surface area contributed by atoms with E-state index in [2.05, 4.69) is 26.0 Å². The van der Waals surface area contributed by atoms with Crippen LogP contribution in [0.1, 0.15) is 17.2 Å². The second-order valence-corrected chi connectivity index (χ2v) is 8.96. The topological polar surface area (TPSA) is 58.2 Å². The van der Waals surface area contributed by atoms with Gasteiger partial charge in [0.2, 0.25) is 10.0 Å². The number of rotatable bonds is 7. The Morgan fingerprint density at radius 3 is 2.15 bits per heavy atom. The van der Waals surface area contributed by atoms with Gasteiger partial charge in [0.15, 0.2) is 0 Å². The molecule has 3 aromatic carbocycles. The quantitative estimate of drug-likeness (QED) is 0.545. The van der Waals surface area contributed by atoms with Gasteiger partial charge in [-0.05, 0) is 48.9 Å². The molecule has 0 aliphatic heterocycles. The molecule has 0 spiro atoms. The molecule has 27 heavy (non-hydrogen) atoms. The molecule has 0 aliphatic carbocycles. The number of hydrogen-bond donors (Lipinski definition) is 2. The summed E-state index contributed by atoms with van der Waals surface area (Å²) in [5.41, 5.74) is 2.95. The van der Waals surface area contributed by atoms with E-state index in [4.69, 9.17) is 0 Å². The minimum Gasteiger partial charge on any atom is -0.377 e. The highest BCUT2D eigenvalue weighted by Gasteiger charge is 2.18. The standard InChI is InChI=1S/C21H21BrN2O2S/c1-16-7-13-20(14-8-16)27(25,26)23-15-21(17-5-3-2-4-6-17)24-19-11-9-18(22)10-12-19/h2-14,21,23-24H,15H2,1H3/t21-/m1/s1. The van der Waals surface area contributed by atoms with Crippen LogP contribution in [0.2, 0.25) is 0 Å². The van der Waals surface area contributed by atoms with Gasteiger partial charge in [-0.1, -0.05) is 64.0 Å². The van der Waals surface area contributed by atoms with Crippen molar-refractivity contribution in [3.63, 3.8) is 0 Å². The number of anilines is 1. The Morgan fingerprint density at radius 2 is 1.52 bits per heavy atom. The van der Waals surface area contributed by atoms with Crippen LogP contribution >= 0.6 is 15.9 Å². The number of halogens is 1. The molecular weight excluding hydrogens is 424 g/mol. The van der Waals surface area contributed by atoms with Crippen molar-refractivity contribution >= 4 is 31.6 Å². The van der Waals surface area contributed by atoms with Crippen molar-refractivity contribution in [2.45, 2.75) is 17.9 Å². The van der Waals surface area contributed by atoms with Crippen molar-refractivity contribution in [2.75, 3.05) is 11.9 Å². The fourth-order valence-corrected chi connectivity index (χ4v) is 3.99. The smallest absolute Gasteiger partial charge is 0.240 e. The van der Waals surface area contributed by atoms with Crippen LogP contribution in [-0.4, -0.2) is 15.0 Å². The molecule has 140 valence electrons. The lowest BCUT2D eigenvalue weighted by molar-refractivity contribution is 0.576. The first-order chi connectivity index (χ1) is 12.9. The van der Waals surface area contributed by atoms with E-state index >= 15 is 0 Å². The van der Waals surface area contributed by atoms with Crippen LogP contribution < -0.4 is 10.0 Å². The Hall–Kier alpha value is -2.15. The molecule has 3 aromatic rings. The molecule has 3 rings (SSSR count).